The van der Waals surface area contributed by atoms with E-state index in [0.29, 0.717) is 32.1 Å². The maximum absolute atomic E-state index is 11.7. The molecule has 2 rings (SSSR count). The van der Waals surface area contributed by atoms with E-state index in [-0.39, 0.29) is 5.57 Å². The molecule has 0 bridgehead atoms. The van der Waals surface area contributed by atoms with Gasteiger partial charge in [0.1, 0.15) is 18.2 Å². The van der Waals surface area contributed by atoms with E-state index >= 15 is 0 Å². The first-order valence-corrected chi connectivity index (χ1v) is 6.98. The lowest BCUT2D eigenvalue weighted by atomic mass is 10.2. The minimum atomic E-state index is -1.16. The van der Waals surface area contributed by atoms with Crippen LogP contribution < -0.4 is 10.2 Å². The van der Waals surface area contributed by atoms with E-state index in [0.717, 1.165) is 0 Å². The summed E-state index contributed by atoms with van der Waals surface area (Å²) in [7, 11) is 0. The second kappa shape index (κ2) is 7.74. The van der Waals surface area contributed by atoms with Crippen LogP contribution in [0.15, 0.2) is 30.2 Å². The van der Waals surface area contributed by atoms with Crippen molar-refractivity contribution in [3.8, 4) is 6.07 Å². The van der Waals surface area contributed by atoms with Crippen molar-refractivity contribution in [2.75, 3.05) is 37.6 Å². The van der Waals surface area contributed by atoms with Gasteiger partial charge in [-0.1, -0.05) is 0 Å². The standard InChI is InChI=1S/C14H16N6O3/c15-8-11(13(23)18-9-12(21)22)10-19-4-6-20(7-5-19)14-16-2-1-3-17-14/h1-3,10H,4-7,9H2,(H,18,23)(H,21,22)/b11-10-. The monoisotopic (exact) mass is 316 g/mol. The van der Waals surface area contributed by atoms with Crippen molar-refractivity contribution >= 4 is 17.8 Å². The molecule has 2 heterocycles. The molecule has 1 saturated heterocycles. The highest BCUT2D eigenvalue weighted by atomic mass is 16.4. The molecule has 0 spiro atoms. The predicted octanol–water partition coefficient (Wildman–Crippen LogP) is -0.793. The van der Waals surface area contributed by atoms with Crippen LogP contribution in [0, 0.1) is 11.3 Å². The second-order valence-corrected chi connectivity index (χ2v) is 4.80. The molecule has 1 aromatic heterocycles. The zero-order valence-corrected chi connectivity index (χ0v) is 12.3. The van der Waals surface area contributed by atoms with Crippen LogP contribution in [-0.4, -0.2) is 64.6 Å². The number of hydrogen-bond acceptors (Lipinski definition) is 7. The van der Waals surface area contributed by atoms with Gasteiger partial charge in [0.15, 0.2) is 0 Å². The Balaban J connectivity index is 1.92. The molecule has 1 amide bonds. The van der Waals surface area contributed by atoms with Crippen molar-refractivity contribution in [1.82, 2.24) is 20.2 Å². The summed E-state index contributed by atoms with van der Waals surface area (Å²) in [6, 6.07) is 3.54. The summed E-state index contributed by atoms with van der Waals surface area (Å²) in [6.45, 7) is 2.02. The Labute approximate surface area is 132 Å². The smallest absolute Gasteiger partial charge is 0.322 e. The average molecular weight is 316 g/mol. The highest BCUT2D eigenvalue weighted by molar-refractivity contribution is 5.98. The number of anilines is 1. The molecule has 1 aromatic rings. The minimum absolute atomic E-state index is 0.115. The van der Waals surface area contributed by atoms with Crippen LogP contribution in [0.5, 0.6) is 0 Å². The summed E-state index contributed by atoms with van der Waals surface area (Å²) < 4.78 is 0. The Bertz CT molecular complexity index is 632. The van der Waals surface area contributed by atoms with Gasteiger partial charge >= 0.3 is 5.97 Å². The maximum atomic E-state index is 11.7. The first-order chi connectivity index (χ1) is 11.1. The predicted molar refractivity (Wildman–Crippen MR) is 80.2 cm³/mol. The van der Waals surface area contributed by atoms with Crippen molar-refractivity contribution in [3.63, 3.8) is 0 Å². The zero-order chi connectivity index (χ0) is 16.7. The van der Waals surface area contributed by atoms with Gasteiger partial charge in [-0.25, -0.2) is 9.97 Å². The number of rotatable bonds is 5. The molecule has 0 aromatic carbocycles. The minimum Gasteiger partial charge on any atom is -0.480 e. The fourth-order valence-electron chi connectivity index (χ4n) is 2.08. The Morgan fingerprint density at radius 2 is 1.96 bits per heavy atom. The summed E-state index contributed by atoms with van der Waals surface area (Å²) in [5.41, 5.74) is -0.115. The van der Waals surface area contributed by atoms with E-state index in [1.54, 1.807) is 24.5 Å². The normalized spacial score (nSPS) is 15.0. The van der Waals surface area contributed by atoms with E-state index in [4.69, 9.17) is 10.4 Å². The molecule has 0 atom stereocenters. The quantitative estimate of drug-likeness (QED) is 0.535. The van der Waals surface area contributed by atoms with Crippen molar-refractivity contribution in [2.24, 2.45) is 0 Å². The van der Waals surface area contributed by atoms with Gasteiger partial charge < -0.3 is 20.2 Å². The lowest BCUT2D eigenvalue weighted by Crippen LogP contribution is -2.45. The fourth-order valence-corrected chi connectivity index (χ4v) is 2.08. The number of hydrogen-bond donors (Lipinski definition) is 2. The average Bonchev–Trinajstić information content (AvgIpc) is 2.59. The fraction of sp³-hybridized carbons (Fsp3) is 0.357. The third kappa shape index (κ3) is 4.67. The second-order valence-electron chi connectivity index (χ2n) is 4.80. The number of carbonyl (C=O) groups is 2. The highest BCUT2D eigenvalue weighted by Crippen LogP contribution is 2.10. The lowest BCUT2D eigenvalue weighted by Gasteiger charge is -2.34. The van der Waals surface area contributed by atoms with Gasteiger partial charge in [0, 0.05) is 44.8 Å². The van der Waals surface area contributed by atoms with Crippen molar-refractivity contribution < 1.29 is 14.7 Å². The Kier molecular flexibility index (Phi) is 5.46. The largest absolute Gasteiger partial charge is 0.480 e. The van der Waals surface area contributed by atoms with E-state index in [9.17, 15) is 9.59 Å². The van der Waals surface area contributed by atoms with Crippen molar-refractivity contribution in [2.45, 2.75) is 0 Å². The number of aromatic nitrogens is 2. The molecule has 120 valence electrons. The maximum Gasteiger partial charge on any atom is 0.322 e. The summed E-state index contributed by atoms with van der Waals surface area (Å²) in [5, 5.41) is 19.7. The Morgan fingerprint density at radius 1 is 1.30 bits per heavy atom. The number of nitrogens with zero attached hydrogens (tertiary/aromatic N) is 5. The van der Waals surface area contributed by atoms with Gasteiger partial charge in [0.25, 0.3) is 5.91 Å². The van der Waals surface area contributed by atoms with Crippen LogP contribution >= 0.6 is 0 Å². The molecular weight excluding hydrogens is 300 g/mol. The number of aliphatic carboxylic acids is 1. The molecular formula is C14H16N6O3. The molecule has 0 unspecified atom stereocenters. The Hall–Kier alpha value is -3.15. The lowest BCUT2D eigenvalue weighted by molar-refractivity contribution is -0.137. The summed E-state index contributed by atoms with van der Waals surface area (Å²) in [5.74, 6) is -1.20. The van der Waals surface area contributed by atoms with Crippen LogP contribution in [0.2, 0.25) is 0 Å². The highest BCUT2D eigenvalue weighted by Gasteiger charge is 2.19. The molecule has 23 heavy (non-hydrogen) atoms. The molecule has 0 radical (unpaired) electrons. The molecule has 9 heteroatoms. The van der Waals surface area contributed by atoms with E-state index in [2.05, 4.69) is 15.3 Å². The van der Waals surface area contributed by atoms with Crippen LogP contribution in [0.4, 0.5) is 5.95 Å². The van der Waals surface area contributed by atoms with Crippen LogP contribution in [0.1, 0.15) is 0 Å². The number of carboxylic acids is 1. The number of carbonyl (C=O) groups excluding carboxylic acids is 1. The summed E-state index contributed by atoms with van der Waals surface area (Å²) in [6.07, 6.45) is 4.81. The van der Waals surface area contributed by atoms with Gasteiger partial charge in [-0.05, 0) is 6.07 Å². The number of piperazine rings is 1. The number of amides is 1. The van der Waals surface area contributed by atoms with Crippen LogP contribution in [0.25, 0.3) is 0 Å². The summed E-state index contributed by atoms with van der Waals surface area (Å²) in [4.78, 5) is 34.4. The van der Waals surface area contributed by atoms with Crippen molar-refractivity contribution in [1.29, 1.82) is 5.26 Å². The van der Waals surface area contributed by atoms with Crippen LogP contribution in [-0.2, 0) is 9.59 Å². The third-order valence-corrected chi connectivity index (χ3v) is 3.23. The van der Waals surface area contributed by atoms with Gasteiger partial charge in [-0.2, -0.15) is 5.26 Å². The molecule has 0 aliphatic carbocycles. The molecule has 1 aliphatic rings. The van der Waals surface area contributed by atoms with Gasteiger partial charge in [-0.15, -0.1) is 0 Å². The molecule has 0 saturated carbocycles. The van der Waals surface area contributed by atoms with Gasteiger partial charge in [0.05, 0.1) is 0 Å². The van der Waals surface area contributed by atoms with E-state index < -0.39 is 18.4 Å². The number of carboxylic acid groups (broad SMARTS) is 1. The SMILES string of the molecule is N#C/C(=C/N1CCN(c2ncccn2)CC1)C(=O)NCC(=O)O. The Morgan fingerprint density at radius 3 is 2.52 bits per heavy atom. The van der Waals surface area contributed by atoms with Crippen molar-refractivity contribution in [3.05, 3.63) is 30.2 Å². The van der Waals surface area contributed by atoms with Gasteiger partial charge in [-0.3, -0.25) is 9.59 Å². The molecule has 1 fully saturated rings. The topological polar surface area (TPSA) is 122 Å². The molecule has 9 nitrogen and oxygen atoms in total. The van der Waals surface area contributed by atoms with Crippen LogP contribution in [0.3, 0.4) is 0 Å². The molecule has 2 N–H and O–H groups in total. The third-order valence-electron chi connectivity index (χ3n) is 3.23. The van der Waals surface area contributed by atoms with Gasteiger partial charge in [0.2, 0.25) is 5.95 Å². The number of nitriles is 1. The van der Waals surface area contributed by atoms with E-state index in [1.807, 2.05) is 9.80 Å². The number of nitrogens with one attached hydrogen (secondary N) is 1. The first kappa shape index (κ1) is 16.2. The molecule has 1 aliphatic heterocycles. The first-order valence-electron chi connectivity index (χ1n) is 6.98. The summed E-state index contributed by atoms with van der Waals surface area (Å²) >= 11 is 0. The zero-order valence-electron chi connectivity index (χ0n) is 12.3. The van der Waals surface area contributed by atoms with E-state index in [1.165, 1.54) is 6.20 Å².